The Balaban J connectivity index is 0.00000182. The van der Waals surface area contributed by atoms with Gasteiger partial charge in [-0.05, 0) is 56.1 Å². The quantitative estimate of drug-likeness (QED) is 0.829. The van der Waals surface area contributed by atoms with E-state index in [9.17, 15) is 8.42 Å². The van der Waals surface area contributed by atoms with Gasteiger partial charge in [-0.25, -0.2) is 13.1 Å². The number of aryl methyl sites for hydroxylation is 1. The highest BCUT2D eigenvalue weighted by Gasteiger charge is 2.41. The van der Waals surface area contributed by atoms with Crippen LogP contribution in [0.3, 0.4) is 0 Å². The zero-order chi connectivity index (χ0) is 16.9. The van der Waals surface area contributed by atoms with E-state index in [2.05, 4.69) is 4.72 Å². The van der Waals surface area contributed by atoms with E-state index in [1.807, 2.05) is 0 Å². The fraction of sp³-hybridized carbons (Fsp3) is 0.647. The van der Waals surface area contributed by atoms with Crippen LogP contribution in [0.15, 0.2) is 17.0 Å². The van der Waals surface area contributed by atoms with Gasteiger partial charge in [-0.2, -0.15) is 0 Å². The number of fused-ring (bicyclic) bond motifs is 3. The Morgan fingerprint density at radius 1 is 1.12 bits per heavy atom. The van der Waals surface area contributed by atoms with Gasteiger partial charge in [0.25, 0.3) is 0 Å². The van der Waals surface area contributed by atoms with Gasteiger partial charge in [0, 0.05) is 18.2 Å². The maximum absolute atomic E-state index is 13.0. The molecule has 4 rings (SSSR count). The van der Waals surface area contributed by atoms with Crippen molar-refractivity contribution in [1.82, 2.24) is 4.72 Å². The lowest BCUT2D eigenvalue weighted by molar-refractivity contribution is 0.125. The second-order valence-corrected chi connectivity index (χ2v) is 8.98. The van der Waals surface area contributed by atoms with Crippen LogP contribution >= 0.6 is 12.4 Å². The Labute approximate surface area is 154 Å². The fourth-order valence-corrected chi connectivity index (χ4v) is 6.15. The summed E-state index contributed by atoms with van der Waals surface area (Å²) in [7, 11) is -3.60. The van der Waals surface area contributed by atoms with Crippen LogP contribution in [0.4, 0.5) is 0 Å². The molecule has 0 radical (unpaired) electrons. The van der Waals surface area contributed by atoms with E-state index in [1.165, 1.54) is 6.42 Å². The van der Waals surface area contributed by atoms with E-state index < -0.39 is 10.0 Å². The number of rotatable bonds is 3. The highest BCUT2D eigenvalue weighted by molar-refractivity contribution is 7.89. The Hall–Kier alpha value is -1.02. The molecule has 3 N–H and O–H groups in total. The molecule has 2 fully saturated rings. The molecule has 2 saturated carbocycles. The first-order valence-corrected chi connectivity index (χ1v) is 10.1. The molecule has 1 aromatic carbocycles. The van der Waals surface area contributed by atoms with E-state index in [1.54, 1.807) is 19.1 Å². The number of sulfonamides is 1. The average Bonchev–Trinajstić information content (AvgIpc) is 2.94. The minimum absolute atomic E-state index is 0. The molecular weight excluding hydrogens is 364 g/mol. The molecule has 140 valence electrons. The summed E-state index contributed by atoms with van der Waals surface area (Å²) in [6, 6.07) is 3.50. The number of nitrogens with two attached hydrogens (primary N) is 1. The number of halogens is 1. The van der Waals surface area contributed by atoms with Gasteiger partial charge in [0.1, 0.15) is 0 Å². The summed E-state index contributed by atoms with van der Waals surface area (Å²) in [6.07, 6.45) is 5.09. The number of hydrogen-bond acceptors (Lipinski definition) is 5. The molecule has 0 spiro atoms. The van der Waals surface area contributed by atoms with Gasteiger partial charge in [0.15, 0.2) is 11.5 Å². The van der Waals surface area contributed by atoms with Crippen molar-refractivity contribution >= 4 is 22.4 Å². The normalized spacial score (nSPS) is 30.6. The first kappa shape index (κ1) is 18.8. The maximum Gasteiger partial charge on any atom is 0.241 e. The van der Waals surface area contributed by atoms with Crippen molar-refractivity contribution in [3.8, 4) is 11.5 Å². The first-order valence-electron chi connectivity index (χ1n) is 8.62. The lowest BCUT2D eigenvalue weighted by atomic mass is 9.67. The van der Waals surface area contributed by atoms with Crippen molar-refractivity contribution in [2.45, 2.75) is 56.0 Å². The van der Waals surface area contributed by atoms with Crippen LogP contribution in [-0.4, -0.2) is 27.3 Å². The van der Waals surface area contributed by atoms with Crippen molar-refractivity contribution < 1.29 is 17.9 Å². The Morgan fingerprint density at radius 2 is 1.72 bits per heavy atom. The van der Waals surface area contributed by atoms with Crippen molar-refractivity contribution in [1.29, 1.82) is 0 Å². The number of ether oxygens (including phenoxy) is 2. The molecule has 2 unspecified atom stereocenters. The monoisotopic (exact) mass is 388 g/mol. The van der Waals surface area contributed by atoms with Gasteiger partial charge in [-0.1, -0.05) is 6.42 Å². The maximum atomic E-state index is 13.0. The molecular formula is C17H25ClN2O4S. The molecule has 1 aliphatic heterocycles. The van der Waals surface area contributed by atoms with E-state index >= 15 is 0 Å². The predicted molar refractivity (Wildman–Crippen MR) is 96.7 cm³/mol. The Bertz CT molecular complexity index is 741. The molecule has 1 heterocycles. The van der Waals surface area contributed by atoms with Crippen molar-refractivity contribution in [3.63, 3.8) is 0 Å². The van der Waals surface area contributed by atoms with E-state index in [4.69, 9.17) is 15.2 Å². The van der Waals surface area contributed by atoms with Crippen LogP contribution in [-0.2, 0) is 10.0 Å². The third kappa shape index (κ3) is 3.47. The van der Waals surface area contributed by atoms with Gasteiger partial charge < -0.3 is 15.2 Å². The third-order valence-corrected chi connectivity index (χ3v) is 7.23. The molecule has 0 amide bonds. The zero-order valence-corrected chi connectivity index (χ0v) is 15.9. The highest BCUT2D eigenvalue weighted by Crippen LogP contribution is 2.41. The van der Waals surface area contributed by atoms with Gasteiger partial charge in [0.05, 0.1) is 4.90 Å². The third-order valence-electron chi connectivity index (χ3n) is 5.63. The lowest BCUT2D eigenvalue weighted by Crippen LogP contribution is -2.53. The fourth-order valence-electron chi connectivity index (χ4n) is 4.54. The van der Waals surface area contributed by atoms with Crippen LogP contribution in [0.1, 0.15) is 37.7 Å². The highest BCUT2D eigenvalue weighted by atomic mass is 35.5. The topological polar surface area (TPSA) is 90.7 Å². The van der Waals surface area contributed by atoms with Crippen LogP contribution in [0.5, 0.6) is 11.5 Å². The summed E-state index contributed by atoms with van der Waals surface area (Å²) >= 11 is 0. The average molecular weight is 389 g/mol. The first-order chi connectivity index (χ1) is 11.4. The SMILES string of the molecule is Cc1cc2c(cc1S(=O)(=O)NC1C3CCCC1CC(N)C3)OCO2.Cl. The Morgan fingerprint density at radius 3 is 2.36 bits per heavy atom. The molecule has 2 atom stereocenters. The summed E-state index contributed by atoms with van der Waals surface area (Å²) in [4.78, 5) is 0.277. The summed E-state index contributed by atoms with van der Waals surface area (Å²) in [5.41, 5.74) is 6.81. The minimum Gasteiger partial charge on any atom is -0.454 e. The van der Waals surface area contributed by atoms with Crippen molar-refractivity contribution in [2.75, 3.05) is 6.79 Å². The molecule has 8 heteroatoms. The van der Waals surface area contributed by atoms with Gasteiger partial charge in [-0.3, -0.25) is 0 Å². The summed E-state index contributed by atoms with van der Waals surface area (Å²) in [6.45, 7) is 1.92. The van der Waals surface area contributed by atoms with E-state index in [-0.39, 0.29) is 36.2 Å². The van der Waals surface area contributed by atoms with E-state index in [0.717, 1.165) is 25.7 Å². The number of benzene rings is 1. The van der Waals surface area contributed by atoms with Gasteiger partial charge in [-0.15, -0.1) is 12.4 Å². The smallest absolute Gasteiger partial charge is 0.241 e. The molecule has 2 aliphatic carbocycles. The van der Waals surface area contributed by atoms with Crippen LogP contribution < -0.4 is 19.9 Å². The standard InChI is InChI=1S/C17H24N2O4S.ClH/c1-10-5-14-15(23-9-22-14)8-16(10)24(20,21)19-17-11-3-2-4-12(17)7-13(18)6-11;/h5,8,11-13,17,19H,2-4,6-7,9,18H2,1H3;1H. The molecule has 2 bridgehead atoms. The summed E-state index contributed by atoms with van der Waals surface area (Å²) in [5, 5.41) is 0. The Kier molecular flexibility index (Phi) is 5.21. The van der Waals surface area contributed by atoms with Crippen LogP contribution in [0.25, 0.3) is 0 Å². The zero-order valence-electron chi connectivity index (χ0n) is 14.2. The molecule has 0 aromatic heterocycles. The molecule has 6 nitrogen and oxygen atoms in total. The van der Waals surface area contributed by atoms with Crippen LogP contribution in [0.2, 0.25) is 0 Å². The molecule has 1 aromatic rings. The van der Waals surface area contributed by atoms with Crippen LogP contribution in [0, 0.1) is 18.8 Å². The van der Waals surface area contributed by atoms with Crippen molar-refractivity contribution in [3.05, 3.63) is 17.7 Å². The van der Waals surface area contributed by atoms with Crippen molar-refractivity contribution in [2.24, 2.45) is 17.6 Å². The largest absolute Gasteiger partial charge is 0.454 e. The molecule has 3 aliphatic rings. The number of hydrogen-bond donors (Lipinski definition) is 2. The predicted octanol–water partition coefficient (Wildman–Crippen LogP) is 2.33. The molecule has 0 saturated heterocycles. The second-order valence-electron chi connectivity index (χ2n) is 7.30. The number of nitrogens with one attached hydrogen (secondary N) is 1. The van der Waals surface area contributed by atoms with Gasteiger partial charge in [0.2, 0.25) is 16.8 Å². The second kappa shape index (κ2) is 6.95. The van der Waals surface area contributed by atoms with Gasteiger partial charge >= 0.3 is 0 Å². The lowest BCUT2D eigenvalue weighted by Gasteiger charge is -2.45. The minimum atomic E-state index is -3.60. The van der Waals surface area contributed by atoms with E-state index in [0.29, 0.717) is 28.9 Å². The molecule has 25 heavy (non-hydrogen) atoms. The summed E-state index contributed by atoms with van der Waals surface area (Å²) in [5.74, 6) is 1.78. The summed E-state index contributed by atoms with van der Waals surface area (Å²) < 4.78 is 39.6.